The maximum Gasteiger partial charge on any atom is 0.291 e. The van der Waals surface area contributed by atoms with Crippen LogP contribution in [0.15, 0.2) is 23.4 Å². The van der Waals surface area contributed by atoms with Crippen LogP contribution in [-0.2, 0) is 19.6 Å². The first kappa shape index (κ1) is 24.8. The van der Waals surface area contributed by atoms with Gasteiger partial charge in [-0.05, 0) is 45.6 Å². The lowest BCUT2D eigenvalue weighted by Gasteiger charge is -2.38. The van der Waals surface area contributed by atoms with Crippen LogP contribution < -0.4 is 9.62 Å². The number of aromatic nitrogens is 4. The summed E-state index contributed by atoms with van der Waals surface area (Å²) in [6.45, 7) is 5.08. The largest absolute Gasteiger partial charge is 0.370 e. The van der Waals surface area contributed by atoms with E-state index in [1.54, 1.807) is 23.6 Å². The van der Waals surface area contributed by atoms with Gasteiger partial charge in [-0.1, -0.05) is 11.3 Å². The van der Waals surface area contributed by atoms with Crippen molar-refractivity contribution in [2.45, 2.75) is 62.5 Å². The predicted octanol–water partition coefficient (Wildman–Crippen LogP) is 3.20. The maximum atomic E-state index is 13.4. The molecule has 0 amide bonds. The Morgan fingerprint density at radius 1 is 1.22 bits per heavy atom. The number of carbonyl (C=O) groups excluding carboxylic acids is 1. The number of fused-ring (bicyclic) bond motifs is 1. The fraction of sp³-hybridized carbons (Fsp3) is 0.565. The number of hydrogen-bond acceptors (Lipinski definition) is 9. The standard InChI is InChI=1S/C23H26F2N6O4S2/c1-13-17(32)23(12-35-13)5-7-30(8-6-23)15-9-14(37(33,34)29-22(2)3-4-22)11-31-16(15)10-26-19(31)21-28-27-20(36-21)18(24)25/h9-11,13,18,29H,3-8,12H2,1-2H3/t13-/m0/s1. The third kappa shape index (κ3) is 4.23. The van der Waals surface area contributed by atoms with Gasteiger partial charge in [-0.15, -0.1) is 10.2 Å². The van der Waals surface area contributed by atoms with Gasteiger partial charge in [0.05, 0.1) is 29.4 Å². The summed E-state index contributed by atoms with van der Waals surface area (Å²) >= 11 is 0.716. The highest BCUT2D eigenvalue weighted by Crippen LogP contribution is 2.42. The third-order valence-corrected chi connectivity index (χ3v) is 10.2. The number of ether oxygens (including phenoxy) is 1. The molecule has 10 nitrogen and oxygen atoms in total. The van der Waals surface area contributed by atoms with E-state index in [-0.39, 0.29) is 21.5 Å². The number of hydrogen-bond donors (Lipinski definition) is 1. The van der Waals surface area contributed by atoms with Gasteiger partial charge in [0.15, 0.2) is 21.6 Å². The number of ketones is 1. The van der Waals surface area contributed by atoms with Gasteiger partial charge < -0.3 is 9.64 Å². The van der Waals surface area contributed by atoms with Crippen LogP contribution in [0.2, 0.25) is 0 Å². The van der Waals surface area contributed by atoms with Crippen LogP contribution in [0.25, 0.3) is 16.3 Å². The zero-order valence-corrected chi connectivity index (χ0v) is 21.9. The molecule has 37 heavy (non-hydrogen) atoms. The number of sulfonamides is 1. The van der Waals surface area contributed by atoms with Gasteiger partial charge >= 0.3 is 0 Å². The molecule has 198 valence electrons. The van der Waals surface area contributed by atoms with E-state index in [9.17, 15) is 22.0 Å². The van der Waals surface area contributed by atoms with Gasteiger partial charge in [0.25, 0.3) is 6.43 Å². The third-order valence-electron chi connectivity index (χ3n) is 7.67. The van der Waals surface area contributed by atoms with Gasteiger partial charge in [-0.3, -0.25) is 9.20 Å². The number of piperidine rings is 1. The van der Waals surface area contributed by atoms with Gasteiger partial charge in [-0.25, -0.2) is 26.9 Å². The summed E-state index contributed by atoms with van der Waals surface area (Å²) in [6.07, 6.45) is 2.53. The highest BCUT2D eigenvalue weighted by atomic mass is 32.2. The van der Waals surface area contributed by atoms with Crippen LogP contribution >= 0.6 is 11.3 Å². The summed E-state index contributed by atoms with van der Waals surface area (Å²) in [5.74, 6) is 0.352. The fourth-order valence-corrected chi connectivity index (χ4v) is 7.30. The maximum absolute atomic E-state index is 13.4. The highest BCUT2D eigenvalue weighted by Gasteiger charge is 2.49. The van der Waals surface area contributed by atoms with Crippen molar-refractivity contribution in [1.29, 1.82) is 0 Å². The summed E-state index contributed by atoms with van der Waals surface area (Å²) in [6, 6.07) is 1.62. The van der Waals surface area contributed by atoms with Crippen LogP contribution in [0.3, 0.4) is 0 Å². The Kier molecular flexibility index (Phi) is 5.68. The van der Waals surface area contributed by atoms with E-state index in [0.29, 0.717) is 55.1 Å². The normalized spacial score (nSPS) is 23.0. The first-order valence-corrected chi connectivity index (χ1v) is 14.4. The molecule has 0 unspecified atom stereocenters. The van der Waals surface area contributed by atoms with E-state index in [4.69, 9.17) is 4.74 Å². The fourth-order valence-electron chi connectivity index (χ4n) is 5.13. The van der Waals surface area contributed by atoms with Crippen LogP contribution in [0.5, 0.6) is 0 Å². The molecule has 3 fully saturated rings. The molecule has 3 aromatic rings. The Morgan fingerprint density at radius 2 is 1.95 bits per heavy atom. The summed E-state index contributed by atoms with van der Waals surface area (Å²) in [5, 5.41) is 7.16. The van der Waals surface area contributed by atoms with Crippen molar-refractivity contribution < 1.29 is 26.7 Å². The zero-order valence-electron chi connectivity index (χ0n) is 20.3. The number of pyridine rings is 1. The van der Waals surface area contributed by atoms with Gasteiger partial charge in [0, 0.05) is 24.8 Å². The summed E-state index contributed by atoms with van der Waals surface area (Å²) in [7, 11) is -3.88. The van der Waals surface area contributed by atoms with E-state index >= 15 is 0 Å². The van der Waals surface area contributed by atoms with Gasteiger partial charge in [0.1, 0.15) is 11.0 Å². The molecule has 2 aliphatic heterocycles. The van der Waals surface area contributed by atoms with Crippen molar-refractivity contribution in [1.82, 2.24) is 24.3 Å². The molecule has 14 heteroatoms. The van der Waals surface area contributed by atoms with Crippen molar-refractivity contribution >= 4 is 38.3 Å². The van der Waals surface area contributed by atoms with Crippen molar-refractivity contribution in [2.75, 3.05) is 24.6 Å². The molecule has 1 atom stereocenters. The molecule has 5 heterocycles. The number of nitrogens with zero attached hydrogens (tertiary/aromatic N) is 5. The topological polar surface area (TPSA) is 119 Å². The number of rotatable bonds is 6. The number of Topliss-reactive ketones (excluding diaryl/α,β-unsaturated/α-hetero) is 1. The number of alkyl halides is 2. The minimum Gasteiger partial charge on any atom is -0.370 e. The quantitative estimate of drug-likeness (QED) is 0.495. The number of halogens is 2. The minimum atomic E-state index is -3.88. The Bertz CT molecular complexity index is 1490. The molecule has 3 aromatic heterocycles. The van der Waals surface area contributed by atoms with Crippen molar-refractivity contribution in [2.24, 2.45) is 5.41 Å². The van der Waals surface area contributed by atoms with Crippen LogP contribution in [0, 0.1) is 5.41 Å². The summed E-state index contributed by atoms with van der Waals surface area (Å²) in [5.41, 5.74) is 0.254. The average Bonchev–Trinajstić information content (AvgIpc) is 3.22. The monoisotopic (exact) mass is 552 g/mol. The van der Waals surface area contributed by atoms with Gasteiger partial charge in [-0.2, -0.15) is 0 Å². The summed E-state index contributed by atoms with van der Waals surface area (Å²) < 4.78 is 63.0. The SMILES string of the molecule is C[C@@H]1OCC2(CCN(c3cc(S(=O)(=O)NC4(C)CC4)cn4c(-c5nnc(C(F)F)s5)ncc34)CC2)C1=O. The predicted molar refractivity (Wildman–Crippen MR) is 131 cm³/mol. The molecule has 3 aliphatic rings. The van der Waals surface area contributed by atoms with E-state index in [1.807, 2.05) is 11.8 Å². The Hall–Kier alpha value is -2.55. The second-order valence-electron chi connectivity index (χ2n) is 10.4. The van der Waals surface area contributed by atoms with Gasteiger partial charge in [0.2, 0.25) is 10.0 Å². The Balaban J connectivity index is 1.42. The molecule has 1 spiro atoms. The molecular formula is C23H26F2N6O4S2. The zero-order chi connectivity index (χ0) is 26.2. The number of imidazole rings is 1. The molecule has 6 rings (SSSR count). The number of anilines is 1. The Labute approximate surface area is 216 Å². The number of nitrogens with one attached hydrogen (secondary N) is 1. The smallest absolute Gasteiger partial charge is 0.291 e. The van der Waals surface area contributed by atoms with Crippen LogP contribution in [0.1, 0.15) is 51.0 Å². The molecule has 1 saturated carbocycles. The first-order chi connectivity index (χ1) is 17.5. The van der Waals surface area contributed by atoms with Crippen molar-refractivity contribution in [3.05, 3.63) is 23.5 Å². The van der Waals surface area contributed by atoms with Crippen molar-refractivity contribution in [3.63, 3.8) is 0 Å². The lowest BCUT2D eigenvalue weighted by atomic mass is 9.75. The lowest BCUT2D eigenvalue weighted by molar-refractivity contribution is -0.128. The van der Waals surface area contributed by atoms with E-state index < -0.39 is 38.5 Å². The van der Waals surface area contributed by atoms with Crippen molar-refractivity contribution in [3.8, 4) is 10.8 Å². The van der Waals surface area contributed by atoms with E-state index in [1.165, 1.54) is 6.20 Å². The lowest BCUT2D eigenvalue weighted by Crippen LogP contribution is -2.45. The highest BCUT2D eigenvalue weighted by molar-refractivity contribution is 7.89. The molecule has 0 aromatic carbocycles. The van der Waals surface area contributed by atoms with E-state index in [2.05, 4.69) is 19.9 Å². The van der Waals surface area contributed by atoms with Crippen LogP contribution in [-0.4, -0.2) is 65.1 Å². The van der Waals surface area contributed by atoms with Crippen LogP contribution in [0.4, 0.5) is 14.5 Å². The Morgan fingerprint density at radius 3 is 2.54 bits per heavy atom. The second kappa shape index (κ2) is 8.48. The summed E-state index contributed by atoms with van der Waals surface area (Å²) in [4.78, 5) is 19.3. The molecular weight excluding hydrogens is 526 g/mol. The first-order valence-electron chi connectivity index (χ1n) is 12.1. The molecule has 0 bridgehead atoms. The molecule has 1 aliphatic carbocycles. The minimum absolute atomic E-state index is 0.0372. The average molecular weight is 553 g/mol. The molecule has 2 saturated heterocycles. The molecule has 1 N–H and O–H groups in total. The number of carbonyl (C=O) groups is 1. The second-order valence-corrected chi connectivity index (χ2v) is 13.1. The molecule has 0 radical (unpaired) electrons. The van der Waals surface area contributed by atoms with E-state index in [0.717, 1.165) is 12.8 Å².